The Kier molecular flexibility index (Phi) is 4.80. The van der Waals surface area contributed by atoms with Gasteiger partial charge < -0.3 is 0 Å². The van der Waals surface area contributed by atoms with E-state index in [9.17, 15) is 0 Å². The Balaban J connectivity index is 1.74. The summed E-state index contributed by atoms with van der Waals surface area (Å²) in [6, 6.07) is 11.8. The maximum absolute atomic E-state index is 2.73. The molecule has 1 atom stereocenters. The molecular formula is C20H30NSe+. The Morgan fingerprint density at radius 3 is 2.41 bits per heavy atom. The normalized spacial score (nSPS) is 24.5. The van der Waals surface area contributed by atoms with Crippen molar-refractivity contribution >= 4 is 25.6 Å². The van der Waals surface area contributed by atoms with Gasteiger partial charge >= 0.3 is 142 Å². The van der Waals surface area contributed by atoms with Gasteiger partial charge in [0.05, 0.1) is 0 Å². The summed E-state index contributed by atoms with van der Waals surface area (Å²) in [4.78, 5) is 0. The summed E-state index contributed by atoms with van der Waals surface area (Å²) in [7, 11) is 0. The first-order valence-electron chi connectivity index (χ1n) is 8.81. The molecule has 0 N–H and O–H groups in total. The van der Waals surface area contributed by atoms with E-state index in [-0.39, 0.29) is 5.54 Å². The van der Waals surface area contributed by atoms with E-state index in [2.05, 4.69) is 61.9 Å². The number of benzene rings is 1. The SMILES string of the molecule is CC(C)(C)[N+]1=CC2(CCCCC2)CC1C[Se]c1ccccc1. The Morgan fingerprint density at radius 2 is 1.77 bits per heavy atom. The summed E-state index contributed by atoms with van der Waals surface area (Å²) >= 11 is 0.601. The second-order valence-electron chi connectivity index (χ2n) is 8.11. The molecule has 1 aliphatic heterocycles. The van der Waals surface area contributed by atoms with Crippen LogP contribution >= 0.6 is 0 Å². The first-order chi connectivity index (χ1) is 10.5. The molecule has 1 heterocycles. The predicted octanol–water partition coefficient (Wildman–Crippen LogP) is 4.04. The van der Waals surface area contributed by atoms with E-state index in [0.29, 0.717) is 20.4 Å². The van der Waals surface area contributed by atoms with Gasteiger partial charge in [0.25, 0.3) is 0 Å². The molecule has 1 spiro atoms. The third-order valence-corrected chi connectivity index (χ3v) is 7.69. The van der Waals surface area contributed by atoms with Crippen LogP contribution in [0.4, 0.5) is 0 Å². The van der Waals surface area contributed by atoms with E-state index >= 15 is 0 Å². The Morgan fingerprint density at radius 1 is 1.09 bits per heavy atom. The molecule has 2 aliphatic rings. The minimum absolute atomic E-state index is 0.262. The van der Waals surface area contributed by atoms with E-state index in [4.69, 9.17) is 0 Å². The van der Waals surface area contributed by atoms with Crippen molar-refractivity contribution in [1.82, 2.24) is 0 Å². The molecule has 0 saturated heterocycles. The zero-order valence-electron chi connectivity index (χ0n) is 14.3. The molecule has 0 radical (unpaired) electrons. The molecule has 1 nitrogen and oxygen atoms in total. The Bertz CT molecular complexity index is 520. The zero-order chi connectivity index (χ0) is 15.6. The molecule has 2 heteroatoms. The number of rotatable bonds is 3. The molecule has 1 aromatic rings. The van der Waals surface area contributed by atoms with Crippen molar-refractivity contribution in [2.45, 2.75) is 76.2 Å². The molecule has 1 aromatic carbocycles. The van der Waals surface area contributed by atoms with E-state index in [1.54, 1.807) is 4.46 Å². The molecule has 120 valence electrons. The molecular weight excluding hydrogens is 333 g/mol. The number of hydrogen-bond donors (Lipinski definition) is 0. The van der Waals surface area contributed by atoms with E-state index < -0.39 is 0 Å². The minimum atomic E-state index is 0.262. The molecule has 1 fully saturated rings. The number of nitrogens with zero attached hydrogens (tertiary/aromatic N) is 1. The van der Waals surface area contributed by atoms with Crippen LogP contribution in [-0.2, 0) is 0 Å². The summed E-state index contributed by atoms with van der Waals surface area (Å²) in [6.07, 6.45) is 11.2. The number of hydrogen-bond acceptors (Lipinski definition) is 0. The fraction of sp³-hybridized carbons (Fsp3) is 0.650. The van der Waals surface area contributed by atoms with Crippen LogP contribution in [-0.4, -0.2) is 37.3 Å². The second-order valence-corrected chi connectivity index (χ2v) is 10.4. The van der Waals surface area contributed by atoms with Crippen LogP contribution in [0.15, 0.2) is 30.3 Å². The molecule has 1 saturated carbocycles. The van der Waals surface area contributed by atoms with Crippen LogP contribution in [0.5, 0.6) is 0 Å². The van der Waals surface area contributed by atoms with E-state index in [0.717, 1.165) is 6.04 Å². The second kappa shape index (κ2) is 6.49. The van der Waals surface area contributed by atoms with Crippen LogP contribution < -0.4 is 4.46 Å². The molecule has 1 unspecified atom stereocenters. The summed E-state index contributed by atoms with van der Waals surface area (Å²) in [6.45, 7) is 7.15. The fourth-order valence-electron chi connectivity index (χ4n) is 4.20. The quantitative estimate of drug-likeness (QED) is 0.563. The van der Waals surface area contributed by atoms with Crippen molar-refractivity contribution < 1.29 is 4.58 Å². The first kappa shape index (κ1) is 16.3. The Hall–Kier alpha value is -0.591. The van der Waals surface area contributed by atoms with E-state index in [1.165, 1.54) is 43.8 Å². The topological polar surface area (TPSA) is 3.01 Å². The summed E-state index contributed by atoms with van der Waals surface area (Å²) < 4.78 is 4.27. The fourth-order valence-corrected chi connectivity index (χ4v) is 6.32. The monoisotopic (exact) mass is 364 g/mol. The molecule has 3 rings (SSSR count). The average Bonchev–Trinajstić information content (AvgIpc) is 2.85. The van der Waals surface area contributed by atoms with Gasteiger partial charge in [0.15, 0.2) is 0 Å². The molecule has 22 heavy (non-hydrogen) atoms. The first-order valence-corrected chi connectivity index (χ1v) is 10.9. The van der Waals surface area contributed by atoms with Gasteiger partial charge in [-0.25, -0.2) is 0 Å². The summed E-state index contributed by atoms with van der Waals surface area (Å²) in [5.41, 5.74) is 0.793. The third-order valence-electron chi connectivity index (χ3n) is 5.26. The van der Waals surface area contributed by atoms with E-state index in [1.807, 2.05) is 0 Å². The van der Waals surface area contributed by atoms with Crippen molar-refractivity contribution in [3.63, 3.8) is 0 Å². The van der Waals surface area contributed by atoms with Crippen molar-refractivity contribution in [2.75, 3.05) is 0 Å². The van der Waals surface area contributed by atoms with Gasteiger partial charge in [-0.15, -0.1) is 0 Å². The zero-order valence-corrected chi connectivity index (χ0v) is 16.1. The van der Waals surface area contributed by atoms with Crippen molar-refractivity contribution in [1.29, 1.82) is 0 Å². The van der Waals surface area contributed by atoms with Gasteiger partial charge in [0.2, 0.25) is 0 Å². The third kappa shape index (κ3) is 3.66. The van der Waals surface area contributed by atoms with Crippen molar-refractivity contribution in [3.8, 4) is 0 Å². The maximum atomic E-state index is 2.73. The van der Waals surface area contributed by atoms with Gasteiger partial charge in [-0.2, -0.15) is 0 Å². The molecule has 1 aliphatic carbocycles. The van der Waals surface area contributed by atoms with Crippen LogP contribution in [0, 0.1) is 5.41 Å². The summed E-state index contributed by atoms with van der Waals surface area (Å²) in [5.74, 6) is 0. The van der Waals surface area contributed by atoms with Crippen LogP contribution in [0.25, 0.3) is 0 Å². The van der Waals surface area contributed by atoms with Gasteiger partial charge in [-0.1, -0.05) is 0 Å². The van der Waals surface area contributed by atoms with Crippen LogP contribution in [0.3, 0.4) is 0 Å². The molecule has 0 bridgehead atoms. The van der Waals surface area contributed by atoms with Crippen molar-refractivity contribution in [3.05, 3.63) is 30.3 Å². The predicted molar refractivity (Wildman–Crippen MR) is 96.6 cm³/mol. The van der Waals surface area contributed by atoms with Crippen LogP contribution in [0.1, 0.15) is 59.3 Å². The van der Waals surface area contributed by atoms with Gasteiger partial charge in [0, 0.05) is 0 Å². The van der Waals surface area contributed by atoms with Crippen molar-refractivity contribution in [2.24, 2.45) is 5.41 Å². The van der Waals surface area contributed by atoms with Gasteiger partial charge in [0.1, 0.15) is 0 Å². The average molecular weight is 363 g/mol. The van der Waals surface area contributed by atoms with Gasteiger partial charge in [-0.05, 0) is 0 Å². The Labute approximate surface area is 142 Å². The molecule has 0 amide bonds. The van der Waals surface area contributed by atoms with Crippen LogP contribution in [0.2, 0.25) is 5.32 Å². The van der Waals surface area contributed by atoms with Gasteiger partial charge in [-0.3, -0.25) is 0 Å². The summed E-state index contributed by atoms with van der Waals surface area (Å²) in [5, 5.41) is 1.35. The standard InChI is InChI=1S/C20H30NSe/c1-19(2,3)21-16-20(12-8-5-9-13-20)14-17(21)15-22-18-10-6-4-7-11-18/h4,6-7,10-11,16-17H,5,8-9,12-15H2,1-3H3/q+1. The molecule has 0 aromatic heterocycles.